The summed E-state index contributed by atoms with van der Waals surface area (Å²) in [7, 11) is -1.54. The van der Waals surface area contributed by atoms with Crippen molar-refractivity contribution in [3.63, 3.8) is 0 Å². The maximum Gasteiger partial charge on any atom is 0.488 e. The highest BCUT2D eigenvalue weighted by atomic mass is 16.4. The van der Waals surface area contributed by atoms with Gasteiger partial charge in [0.2, 0.25) is 0 Å². The standard InChI is InChI=1S/C18H17BN2O3/c1-2-3-5-14-8-10-16(11-9-14)18(22)21-20-13-15-6-4-7-17(12-15)19(23)24/h2-13,23-24H,1H2,(H,21,22)/b5-3+,20-13+. The third-order valence-electron chi connectivity index (χ3n) is 3.19. The van der Waals surface area contributed by atoms with Crippen molar-refractivity contribution in [2.24, 2.45) is 5.10 Å². The van der Waals surface area contributed by atoms with Gasteiger partial charge in [-0.25, -0.2) is 5.43 Å². The summed E-state index contributed by atoms with van der Waals surface area (Å²) in [6.07, 6.45) is 6.82. The topological polar surface area (TPSA) is 81.9 Å². The normalized spacial score (nSPS) is 10.9. The van der Waals surface area contributed by atoms with Gasteiger partial charge in [-0.1, -0.05) is 61.2 Å². The third kappa shape index (κ3) is 5.05. The van der Waals surface area contributed by atoms with E-state index in [0.29, 0.717) is 16.6 Å². The lowest BCUT2D eigenvalue weighted by atomic mass is 9.80. The van der Waals surface area contributed by atoms with Gasteiger partial charge < -0.3 is 10.0 Å². The zero-order valence-electron chi connectivity index (χ0n) is 13.0. The summed E-state index contributed by atoms with van der Waals surface area (Å²) in [5.41, 5.74) is 4.88. The molecule has 5 nitrogen and oxygen atoms in total. The maximum absolute atomic E-state index is 12.0. The Morgan fingerprint density at radius 3 is 2.54 bits per heavy atom. The highest BCUT2D eigenvalue weighted by Crippen LogP contribution is 2.06. The lowest BCUT2D eigenvalue weighted by molar-refractivity contribution is 0.0955. The number of hydrazone groups is 1. The highest BCUT2D eigenvalue weighted by Gasteiger charge is 2.10. The molecule has 0 aliphatic rings. The molecule has 0 bridgehead atoms. The van der Waals surface area contributed by atoms with Crippen LogP contribution in [0.25, 0.3) is 6.08 Å². The predicted molar refractivity (Wildman–Crippen MR) is 97.0 cm³/mol. The summed E-state index contributed by atoms with van der Waals surface area (Å²) in [6.45, 7) is 3.60. The molecule has 2 rings (SSSR count). The second kappa shape index (κ2) is 8.62. The monoisotopic (exact) mass is 320 g/mol. The molecule has 0 fully saturated rings. The van der Waals surface area contributed by atoms with E-state index < -0.39 is 7.12 Å². The number of benzene rings is 2. The fraction of sp³-hybridized carbons (Fsp3) is 0. The van der Waals surface area contributed by atoms with Crippen LogP contribution < -0.4 is 10.9 Å². The zero-order chi connectivity index (χ0) is 17.4. The van der Waals surface area contributed by atoms with E-state index in [1.807, 2.05) is 24.3 Å². The van der Waals surface area contributed by atoms with Gasteiger partial charge in [-0.3, -0.25) is 4.79 Å². The molecule has 24 heavy (non-hydrogen) atoms. The Balaban J connectivity index is 1.98. The first-order valence-corrected chi connectivity index (χ1v) is 7.29. The van der Waals surface area contributed by atoms with Crippen LogP contribution in [-0.4, -0.2) is 29.3 Å². The summed E-state index contributed by atoms with van der Waals surface area (Å²) >= 11 is 0. The number of amides is 1. The van der Waals surface area contributed by atoms with Crippen LogP contribution in [0, 0.1) is 0 Å². The van der Waals surface area contributed by atoms with E-state index >= 15 is 0 Å². The van der Waals surface area contributed by atoms with Crippen LogP contribution in [-0.2, 0) is 0 Å². The van der Waals surface area contributed by atoms with Crippen LogP contribution in [0.1, 0.15) is 21.5 Å². The summed E-state index contributed by atoms with van der Waals surface area (Å²) in [5.74, 6) is -0.330. The Bertz CT molecular complexity index is 768. The molecule has 0 aliphatic carbocycles. The summed E-state index contributed by atoms with van der Waals surface area (Å²) in [4.78, 5) is 12.0. The predicted octanol–water partition coefficient (Wildman–Crippen LogP) is 1.33. The molecule has 0 spiro atoms. The average Bonchev–Trinajstić information content (AvgIpc) is 2.60. The summed E-state index contributed by atoms with van der Waals surface area (Å²) in [6, 6.07) is 13.6. The molecular weight excluding hydrogens is 303 g/mol. The average molecular weight is 320 g/mol. The van der Waals surface area contributed by atoms with Crippen molar-refractivity contribution in [3.05, 3.63) is 84.0 Å². The first-order valence-electron chi connectivity index (χ1n) is 7.29. The second-order valence-electron chi connectivity index (χ2n) is 4.96. The van der Waals surface area contributed by atoms with Crippen LogP contribution >= 0.6 is 0 Å². The molecule has 2 aromatic rings. The minimum absolute atomic E-state index is 0.330. The van der Waals surface area contributed by atoms with Gasteiger partial charge in [-0.05, 0) is 28.7 Å². The molecule has 0 saturated heterocycles. The first-order chi connectivity index (χ1) is 11.6. The van der Waals surface area contributed by atoms with Gasteiger partial charge in [-0.15, -0.1) is 0 Å². The molecule has 6 heteroatoms. The maximum atomic E-state index is 12.0. The SMILES string of the molecule is C=C/C=C/c1ccc(C(=O)N/N=C/c2cccc(B(O)O)c2)cc1. The fourth-order valence-corrected chi connectivity index (χ4v) is 1.95. The number of nitrogens with zero attached hydrogens (tertiary/aromatic N) is 1. The van der Waals surface area contributed by atoms with Gasteiger partial charge in [0.15, 0.2) is 0 Å². The Kier molecular flexibility index (Phi) is 6.25. The van der Waals surface area contributed by atoms with Gasteiger partial charge in [0.05, 0.1) is 6.21 Å². The van der Waals surface area contributed by atoms with E-state index in [1.165, 1.54) is 6.21 Å². The van der Waals surface area contributed by atoms with Crippen LogP contribution in [0.3, 0.4) is 0 Å². The molecule has 3 N–H and O–H groups in total. The third-order valence-corrected chi connectivity index (χ3v) is 3.19. The van der Waals surface area contributed by atoms with Crippen molar-refractivity contribution in [3.8, 4) is 0 Å². The van der Waals surface area contributed by atoms with Crippen LogP contribution in [0.5, 0.6) is 0 Å². The first kappa shape index (κ1) is 17.4. The van der Waals surface area contributed by atoms with Crippen molar-refractivity contribution >= 4 is 30.8 Å². The van der Waals surface area contributed by atoms with E-state index in [0.717, 1.165) is 5.56 Å². The Morgan fingerprint density at radius 2 is 1.88 bits per heavy atom. The van der Waals surface area contributed by atoms with Crippen LogP contribution in [0.4, 0.5) is 0 Å². The van der Waals surface area contributed by atoms with Crippen molar-refractivity contribution in [2.75, 3.05) is 0 Å². The number of allylic oxidation sites excluding steroid dienone is 2. The van der Waals surface area contributed by atoms with Gasteiger partial charge in [0.25, 0.3) is 5.91 Å². The van der Waals surface area contributed by atoms with Crippen molar-refractivity contribution < 1.29 is 14.8 Å². The fourth-order valence-electron chi connectivity index (χ4n) is 1.95. The van der Waals surface area contributed by atoms with E-state index in [4.69, 9.17) is 10.0 Å². The van der Waals surface area contributed by atoms with Crippen LogP contribution in [0.2, 0.25) is 0 Å². The Hall–Kier alpha value is -2.96. The summed E-state index contributed by atoms with van der Waals surface area (Å²) < 4.78 is 0. The molecule has 1 amide bonds. The second-order valence-corrected chi connectivity index (χ2v) is 4.96. The van der Waals surface area contributed by atoms with Crippen molar-refractivity contribution in [1.82, 2.24) is 5.43 Å². The van der Waals surface area contributed by atoms with Gasteiger partial charge in [-0.2, -0.15) is 5.10 Å². The zero-order valence-corrected chi connectivity index (χ0v) is 13.0. The molecule has 120 valence electrons. The molecule has 0 aliphatic heterocycles. The number of carbonyl (C=O) groups excluding carboxylic acids is 1. The Labute approximate surface area is 140 Å². The number of nitrogens with one attached hydrogen (secondary N) is 1. The quantitative estimate of drug-likeness (QED) is 0.325. The highest BCUT2D eigenvalue weighted by molar-refractivity contribution is 6.58. The number of hydrogen-bond donors (Lipinski definition) is 3. The van der Waals surface area contributed by atoms with Gasteiger partial charge in [0.1, 0.15) is 0 Å². The summed E-state index contributed by atoms with van der Waals surface area (Å²) in [5, 5.41) is 22.1. The Morgan fingerprint density at radius 1 is 1.12 bits per heavy atom. The number of carbonyl (C=O) groups is 1. The number of hydrogen-bond acceptors (Lipinski definition) is 4. The minimum atomic E-state index is -1.54. The van der Waals surface area contributed by atoms with E-state index in [-0.39, 0.29) is 5.91 Å². The molecule has 0 atom stereocenters. The minimum Gasteiger partial charge on any atom is -0.423 e. The molecule has 0 unspecified atom stereocenters. The molecular formula is C18H17BN2O3. The largest absolute Gasteiger partial charge is 0.488 e. The smallest absolute Gasteiger partial charge is 0.423 e. The van der Waals surface area contributed by atoms with E-state index in [1.54, 1.807) is 42.5 Å². The van der Waals surface area contributed by atoms with Gasteiger partial charge in [0, 0.05) is 5.56 Å². The van der Waals surface area contributed by atoms with Crippen molar-refractivity contribution in [1.29, 1.82) is 0 Å². The molecule has 0 radical (unpaired) electrons. The lowest BCUT2D eigenvalue weighted by Gasteiger charge is -2.02. The molecule has 0 saturated carbocycles. The number of rotatable bonds is 6. The molecule has 0 aromatic heterocycles. The lowest BCUT2D eigenvalue weighted by Crippen LogP contribution is -2.29. The van der Waals surface area contributed by atoms with Crippen molar-refractivity contribution in [2.45, 2.75) is 0 Å². The van der Waals surface area contributed by atoms with Gasteiger partial charge >= 0.3 is 7.12 Å². The molecule has 0 heterocycles. The van der Waals surface area contributed by atoms with Crippen LogP contribution in [0.15, 0.2) is 72.4 Å². The molecule has 2 aromatic carbocycles. The van der Waals surface area contributed by atoms with E-state index in [9.17, 15) is 4.79 Å². The van der Waals surface area contributed by atoms with E-state index in [2.05, 4.69) is 17.1 Å².